The van der Waals surface area contributed by atoms with Crippen molar-refractivity contribution in [3.05, 3.63) is 120 Å². The number of para-hydroxylation sites is 1. The number of aromatic nitrogens is 1. The van der Waals surface area contributed by atoms with Gasteiger partial charge in [-0.1, -0.05) is 91.0 Å². The molecule has 0 spiro atoms. The van der Waals surface area contributed by atoms with E-state index in [1.165, 1.54) is 0 Å². The average molecular weight is 590 g/mol. The van der Waals surface area contributed by atoms with Gasteiger partial charge in [0.1, 0.15) is 12.1 Å². The number of aromatic amines is 1. The van der Waals surface area contributed by atoms with Crippen LogP contribution in [0.2, 0.25) is 0 Å². The van der Waals surface area contributed by atoms with Crippen molar-refractivity contribution in [3.8, 4) is 0 Å². The highest BCUT2D eigenvalue weighted by Gasteiger charge is 2.28. The highest BCUT2D eigenvalue weighted by molar-refractivity contribution is 5.93. The highest BCUT2D eigenvalue weighted by Crippen LogP contribution is 2.20. The zero-order valence-electron chi connectivity index (χ0n) is 24.7. The molecule has 1 unspecified atom stereocenters. The van der Waals surface area contributed by atoms with Crippen molar-refractivity contribution in [2.75, 3.05) is 13.1 Å². The second kappa shape index (κ2) is 15.0. The van der Waals surface area contributed by atoms with Crippen molar-refractivity contribution in [2.45, 2.75) is 44.2 Å². The van der Waals surface area contributed by atoms with Gasteiger partial charge in [-0.3, -0.25) is 14.4 Å². The Labute approximate surface area is 257 Å². The molecule has 0 saturated carbocycles. The van der Waals surface area contributed by atoms with Crippen molar-refractivity contribution < 1.29 is 14.4 Å². The van der Waals surface area contributed by atoms with E-state index in [1.54, 1.807) is 0 Å². The molecule has 1 heterocycles. The fourth-order valence-corrected chi connectivity index (χ4v) is 5.42. The molecule has 6 N–H and O–H groups in total. The van der Waals surface area contributed by atoms with Gasteiger partial charge in [0.2, 0.25) is 17.7 Å². The van der Waals surface area contributed by atoms with Crippen LogP contribution in [-0.2, 0) is 33.6 Å². The van der Waals surface area contributed by atoms with Gasteiger partial charge in [0.15, 0.2) is 0 Å². The van der Waals surface area contributed by atoms with Gasteiger partial charge in [-0.25, -0.2) is 0 Å². The van der Waals surface area contributed by atoms with Crippen molar-refractivity contribution in [2.24, 2.45) is 5.73 Å². The lowest BCUT2D eigenvalue weighted by atomic mass is 9.99. The summed E-state index contributed by atoms with van der Waals surface area (Å²) in [5.41, 5.74) is 9.46. The summed E-state index contributed by atoms with van der Waals surface area (Å²) in [6.07, 6.45) is 3.86. The van der Waals surface area contributed by atoms with Gasteiger partial charge in [0.05, 0.1) is 0 Å². The monoisotopic (exact) mass is 589 g/mol. The van der Waals surface area contributed by atoms with Gasteiger partial charge in [0.25, 0.3) is 0 Å². The molecule has 4 aromatic carbocycles. The molecule has 0 aliphatic rings. The molecule has 5 aromatic rings. The minimum Gasteiger partial charge on any atom is -0.361 e. The number of hydrogen-bond acceptors (Lipinski definition) is 4. The van der Waals surface area contributed by atoms with E-state index in [4.69, 9.17) is 5.73 Å². The summed E-state index contributed by atoms with van der Waals surface area (Å²) in [5.74, 6) is -0.934. The molecule has 0 fully saturated rings. The predicted molar refractivity (Wildman–Crippen MR) is 175 cm³/mol. The summed E-state index contributed by atoms with van der Waals surface area (Å²) < 4.78 is 0. The fraction of sp³-hybridized carbons (Fsp3) is 0.250. The Morgan fingerprint density at radius 3 is 2.27 bits per heavy atom. The van der Waals surface area contributed by atoms with Gasteiger partial charge >= 0.3 is 0 Å². The number of carbonyl (C=O) groups excluding carboxylic acids is 3. The number of rotatable bonds is 14. The third-order valence-corrected chi connectivity index (χ3v) is 7.80. The topological polar surface area (TPSA) is 129 Å². The molecule has 0 bridgehead atoms. The molecule has 5 rings (SSSR count). The number of nitrogens with two attached hydrogens (primary N) is 1. The highest BCUT2D eigenvalue weighted by atomic mass is 16.2. The summed E-state index contributed by atoms with van der Waals surface area (Å²) in [6.45, 7) is 0.859. The van der Waals surface area contributed by atoms with Crippen LogP contribution < -0.4 is 21.7 Å². The first-order valence-corrected chi connectivity index (χ1v) is 15.1. The molecule has 1 aromatic heterocycles. The summed E-state index contributed by atoms with van der Waals surface area (Å²) in [5, 5.41) is 12.0. The van der Waals surface area contributed by atoms with Crippen LogP contribution in [0.1, 0.15) is 29.5 Å². The minimum absolute atomic E-state index is 0.229. The van der Waals surface area contributed by atoms with E-state index in [0.29, 0.717) is 32.4 Å². The maximum absolute atomic E-state index is 13.9. The Bertz CT molecular complexity index is 1720. The molecule has 8 nitrogen and oxygen atoms in total. The first-order chi connectivity index (χ1) is 21.5. The quantitative estimate of drug-likeness (QED) is 0.125. The number of H-pyrrole nitrogens is 1. The lowest BCUT2D eigenvalue weighted by Gasteiger charge is -2.23. The van der Waals surface area contributed by atoms with Gasteiger partial charge < -0.3 is 26.7 Å². The molecule has 0 aliphatic carbocycles. The van der Waals surface area contributed by atoms with E-state index in [9.17, 15) is 14.4 Å². The van der Waals surface area contributed by atoms with Crippen molar-refractivity contribution in [3.63, 3.8) is 0 Å². The Balaban J connectivity index is 1.36. The molecule has 8 heteroatoms. The van der Waals surface area contributed by atoms with Crippen LogP contribution in [0.4, 0.5) is 0 Å². The second-order valence-corrected chi connectivity index (χ2v) is 11.0. The predicted octanol–water partition coefficient (Wildman–Crippen LogP) is 4.17. The third-order valence-electron chi connectivity index (χ3n) is 7.80. The molecule has 0 radical (unpaired) electrons. The molecule has 2 atom stereocenters. The maximum atomic E-state index is 13.9. The number of carbonyl (C=O) groups is 3. The molecule has 0 aliphatic heterocycles. The van der Waals surface area contributed by atoms with Crippen molar-refractivity contribution in [1.82, 2.24) is 20.9 Å². The van der Waals surface area contributed by atoms with Gasteiger partial charge in [-0.05, 0) is 52.9 Å². The Kier molecular flexibility index (Phi) is 10.4. The maximum Gasteiger partial charge on any atom is 0.243 e. The summed E-state index contributed by atoms with van der Waals surface area (Å²) in [4.78, 5) is 43.7. The van der Waals surface area contributed by atoms with Crippen LogP contribution in [0.5, 0.6) is 0 Å². The van der Waals surface area contributed by atoms with Crippen LogP contribution in [-0.4, -0.2) is 47.9 Å². The van der Waals surface area contributed by atoms with Crippen LogP contribution >= 0.6 is 0 Å². The van der Waals surface area contributed by atoms with E-state index in [-0.39, 0.29) is 24.7 Å². The van der Waals surface area contributed by atoms with Gasteiger partial charge in [-0.2, -0.15) is 0 Å². The third kappa shape index (κ3) is 8.11. The zero-order valence-corrected chi connectivity index (χ0v) is 24.7. The lowest BCUT2D eigenvalue weighted by Crippen LogP contribution is -2.55. The molecular formula is C36H39N5O3. The number of aryl methyl sites for hydroxylation is 1. The van der Waals surface area contributed by atoms with E-state index in [0.717, 1.165) is 38.4 Å². The molecule has 0 saturated heterocycles. The summed E-state index contributed by atoms with van der Waals surface area (Å²) in [6, 6.07) is 29.9. The Morgan fingerprint density at radius 2 is 1.45 bits per heavy atom. The average Bonchev–Trinajstić information content (AvgIpc) is 3.46. The van der Waals surface area contributed by atoms with E-state index >= 15 is 0 Å². The fourth-order valence-electron chi connectivity index (χ4n) is 5.42. The molecule has 226 valence electrons. The van der Waals surface area contributed by atoms with E-state index in [1.807, 2.05) is 103 Å². The van der Waals surface area contributed by atoms with E-state index < -0.39 is 18.0 Å². The van der Waals surface area contributed by atoms with Crippen LogP contribution in [0.3, 0.4) is 0 Å². The summed E-state index contributed by atoms with van der Waals surface area (Å²) in [7, 11) is 0. The SMILES string of the molecule is NCCCNC(=O)[C@H](Cc1ccc2ccccc2c1)NC(=O)C(Cc1c[nH]c2ccccc12)NC(=O)CCc1ccccc1. The van der Waals surface area contributed by atoms with E-state index in [2.05, 4.69) is 20.9 Å². The largest absolute Gasteiger partial charge is 0.361 e. The number of hydrogen-bond donors (Lipinski definition) is 5. The van der Waals surface area contributed by atoms with Gasteiger partial charge in [0, 0.05) is 42.9 Å². The number of fused-ring (bicyclic) bond motifs is 2. The normalized spacial score (nSPS) is 12.5. The second-order valence-electron chi connectivity index (χ2n) is 11.0. The van der Waals surface area contributed by atoms with Crippen LogP contribution in [0.15, 0.2) is 103 Å². The first-order valence-electron chi connectivity index (χ1n) is 15.1. The lowest BCUT2D eigenvalue weighted by molar-refractivity contribution is -0.132. The van der Waals surface area contributed by atoms with Crippen molar-refractivity contribution in [1.29, 1.82) is 0 Å². The van der Waals surface area contributed by atoms with Crippen LogP contribution in [0.25, 0.3) is 21.7 Å². The Morgan fingerprint density at radius 1 is 0.727 bits per heavy atom. The molecular weight excluding hydrogens is 550 g/mol. The first kappa shape index (κ1) is 30.5. The minimum atomic E-state index is -0.881. The smallest absolute Gasteiger partial charge is 0.243 e. The van der Waals surface area contributed by atoms with Gasteiger partial charge in [-0.15, -0.1) is 0 Å². The zero-order chi connectivity index (χ0) is 30.7. The van der Waals surface area contributed by atoms with Crippen molar-refractivity contribution >= 4 is 39.4 Å². The number of benzene rings is 4. The summed E-state index contributed by atoms with van der Waals surface area (Å²) >= 11 is 0. The number of amides is 3. The molecule has 44 heavy (non-hydrogen) atoms. The molecule has 3 amide bonds. The number of nitrogens with one attached hydrogen (secondary N) is 4. The Hall–Kier alpha value is -4.95. The van der Waals surface area contributed by atoms with Crippen LogP contribution in [0, 0.1) is 0 Å². The standard InChI is InChI=1S/C36H39N5O3/c37-19-8-20-38-35(43)32(22-26-15-17-27-11-4-5-12-28(27)21-26)41-36(44)33(23-29-24-39-31-14-7-6-13-30(29)31)40-34(42)18-16-25-9-2-1-3-10-25/h1-7,9-15,17,21,24,32-33,39H,8,16,18-20,22-23,37H2,(H,38,43)(H,40,42)(H,41,44)/t32-,33?/m0/s1.